The SMILES string of the molecule is CC[CH][Si](OCC(C)C)(OCC(C)C)OCC(C)C. The van der Waals surface area contributed by atoms with Crippen LogP contribution in [0, 0.1) is 23.8 Å². The van der Waals surface area contributed by atoms with Crippen LogP contribution in [0.15, 0.2) is 0 Å². The summed E-state index contributed by atoms with van der Waals surface area (Å²) >= 11 is 0. The Morgan fingerprint density at radius 2 is 1.05 bits per heavy atom. The highest BCUT2D eigenvalue weighted by Crippen LogP contribution is 2.19. The minimum Gasteiger partial charge on any atom is -0.373 e. The van der Waals surface area contributed by atoms with Gasteiger partial charge in [0.2, 0.25) is 0 Å². The van der Waals surface area contributed by atoms with E-state index in [0.29, 0.717) is 37.6 Å². The molecule has 0 aliphatic heterocycles. The predicted molar refractivity (Wildman–Crippen MR) is 82.7 cm³/mol. The van der Waals surface area contributed by atoms with Crippen LogP contribution in [0.3, 0.4) is 0 Å². The molecule has 0 heterocycles. The van der Waals surface area contributed by atoms with E-state index in [9.17, 15) is 0 Å². The van der Waals surface area contributed by atoms with Crippen molar-refractivity contribution in [3.63, 3.8) is 0 Å². The molecule has 0 aliphatic carbocycles. The summed E-state index contributed by atoms with van der Waals surface area (Å²) in [6, 6.07) is 2.13. The van der Waals surface area contributed by atoms with Gasteiger partial charge in [-0.1, -0.05) is 48.5 Å². The van der Waals surface area contributed by atoms with E-state index in [-0.39, 0.29) is 0 Å². The summed E-state index contributed by atoms with van der Waals surface area (Å²) in [5, 5.41) is 0. The van der Waals surface area contributed by atoms with Crippen molar-refractivity contribution in [2.45, 2.75) is 54.9 Å². The Balaban J connectivity index is 4.65. The lowest BCUT2D eigenvalue weighted by Crippen LogP contribution is -2.49. The van der Waals surface area contributed by atoms with Gasteiger partial charge in [-0.2, -0.15) is 0 Å². The van der Waals surface area contributed by atoms with Gasteiger partial charge in [-0.05, 0) is 24.2 Å². The predicted octanol–water partition coefficient (Wildman–Crippen LogP) is 4.10. The zero-order valence-electron chi connectivity index (χ0n) is 13.9. The molecular weight excluding hydrogens is 256 g/mol. The first-order chi connectivity index (χ1) is 8.81. The molecule has 0 aromatic carbocycles. The summed E-state index contributed by atoms with van der Waals surface area (Å²) in [5.74, 6) is 1.47. The Morgan fingerprint density at radius 1 is 0.737 bits per heavy atom. The van der Waals surface area contributed by atoms with Gasteiger partial charge in [0.05, 0.1) is 0 Å². The molecule has 0 N–H and O–H groups in total. The van der Waals surface area contributed by atoms with Crippen LogP contribution >= 0.6 is 0 Å². The van der Waals surface area contributed by atoms with Crippen molar-refractivity contribution < 1.29 is 13.3 Å². The highest BCUT2D eigenvalue weighted by atomic mass is 28.4. The molecule has 0 atom stereocenters. The molecule has 0 saturated heterocycles. The summed E-state index contributed by atoms with van der Waals surface area (Å²) in [6.45, 7) is 17.1. The maximum atomic E-state index is 6.07. The quantitative estimate of drug-likeness (QED) is 0.536. The van der Waals surface area contributed by atoms with E-state index in [1.807, 2.05) is 0 Å². The minimum absolute atomic E-state index is 0.488. The van der Waals surface area contributed by atoms with Crippen LogP contribution in [0.25, 0.3) is 0 Å². The number of hydrogen-bond donors (Lipinski definition) is 0. The lowest BCUT2D eigenvalue weighted by atomic mass is 10.2. The molecule has 115 valence electrons. The topological polar surface area (TPSA) is 27.7 Å². The number of hydrogen-bond acceptors (Lipinski definition) is 3. The van der Waals surface area contributed by atoms with Gasteiger partial charge in [0.15, 0.2) is 0 Å². The van der Waals surface area contributed by atoms with E-state index in [2.05, 4.69) is 54.5 Å². The van der Waals surface area contributed by atoms with E-state index in [0.717, 1.165) is 6.42 Å². The summed E-state index contributed by atoms with van der Waals surface area (Å²) in [5.41, 5.74) is 0. The summed E-state index contributed by atoms with van der Waals surface area (Å²) in [4.78, 5) is 0. The van der Waals surface area contributed by atoms with E-state index in [4.69, 9.17) is 13.3 Å². The molecule has 0 saturated carbocycles. The third-order valence-electron chi connectivity index (χ3n) is 2.31. The van der Waals surface area contributed by atoms with E-state index >= 15 is 0 Å². The Morgan fingerprint density at radius 3 is 1.26 bits per heavy atom. The van der Waals surface area contributed by atoms with Crippen molar-refractivity contribution in [3.05, 3.63) is 6.04 Å². The van der Waals surface area contributed by atoms with Crippen LogP contribution in [0.2, 0.25) is 0 Å². The molecule has 4 heteroatoms. The van der Waals surface area contributed by atoms with Crippen molar-refractivity contribution in [1.82, 2.24) is 0 Å². The number of rotatable bonds is 11. The molecule has 0 aromatic rings. The fraction of sp³-hybridized carbons (Fsp3) is 0.933. The highest BCUT2D eigenvalue weighted by molar-refractivity contribution is 6.64. The lowest BCUT2D eigenvalue weighted by molar-refractivity contribution is 0.0433. The van der Waals surface area contributed by atoms with E-state index < -0.39 is 8.80 Å². The molecule has 0 fully saturated rings. The Labute approximate surface area is 121 Å². The summed E-state index contributed by atoms with van der Waals surface area (Å²) < 4.78 is 18.2. The molecule has 0 bridgehead atoms. The fourth-order valence-electron chi connectivity index (χ4n) is 1.40. The standard InChI is InChI=1S/C15H33O3Si/c1-8-9-19(16-10-13(2)3,17-11-14(4)5)18-12-15(6)7/h9,13-15H,8,10-12H2,1-7H3. The first-order valence-electron chi connectivity index (χ1n) is 7.57. The maximum Gasteiger partial charge on any atom is 0.504 e. The second kappa shape index (κ2) is 9.92. The zero-order valence-corrected chi connectivity index (χ0v) is 14.9. The highest BCUT2D eigenvalue weighted by Gasteiger charge is 2.41. The average Bonchev–Trinajstić information content (AvgIpc) is 2.31. The molecule has 0 spiro atoms. The second-order valence-electron chi connectivity index (χ2n) is 6.33. The Hall–Kier alpha value is 0.0969. The summed E-state index contributed by atoms with van der Waals surface area (Å²) in [6.07, 6.45) is 0.917. The van der Waals surface area contributed by atoms with Gasteiger partial charge in [-0.15, -0.1) is 0 Å². The molecule has 0 aromatic heterocycles. The van der Waals surface area contributed by atoms with Crippen LogP contribution in [0.1, 0.15) is 54.9 Å². The average molecular weight is 290 g/mol. The summed E-state index contributed by atoms with van der Waals surface area (Å²) in [7, 11) is -2.61. The van der Waals surface area contributed by atoms with Gasteiger partial charge in [0.25, 0.3) is 0 Å². The molecule has 1 radical (unpaired) electrons. The smallest absolute Gasteiger partial charge is 0.373 e. The molecule has 0 aliphatic rings. The Kier molecular flexibility index (Phi) is 9.97. The van der Waals surface area contributed by atoms with Gasteiger partial charge >= 0.3 is 8.80 Å². The molecule has 0 rings (SSSR count). The second-order valence-corrected chi connectivity index (χ2v) is 8.81. The molecule has 0 unspecified atom stereocenters. The van der Waals surface area contributed by atoms with Gasteiger partial charge < -0.3 is 13.3 Å². The maximum absolute atomic E-state index is 6.07. The molecule has 19 heavy (non-hydrogen) atoms. The van der Waals surface area contributed by atoms with Crippen molar-refractivity contribution in [2.24, 2.45) is 17.8 Å². The fourth-order valence-corrected chi connectivity index (χ4v) is 4.20. The first-order valence-corrected chi connectivity index (χ1v) is 9.37. The van der Waals surface area contributed by atoms with Crippen LogP contribution in [-0.4, -0.2) is 28.6 Å². The van der Waals surface area contributed by atoms with Crippen LogP contribution < -0.4 is 0 Å². The first kappa shape index (κ1) is 19.1. The third kappa shape index (κ3) is 9.60. The van der Waals surface area contributed by atoms with Crippen molar-refractivity contribution in [3.8, 4) is 0 Å². The minimum atomic E-state index is -2.61. The van der Waals surface area contributed by atoms with Gasteiger partial charge in [-0.25, -0.2) is 0 Å². The van der Waals surface area contributed by atoms with Gasteiger partial charge in [-0.3, -0.25) is 0 Å². The third-order valence-corrected chi connectivity index (χ3v) is 4.92. The lowest BCUT2D eigenvalue weighted by Gasteiger charge is -2.31. The Bertz CT molecular complexity index is 186. The molecule has 3 nitrogen and oxygen atoms in total. The van der Waals surface area contributed by atoms with Crippen molar-refractivity contribution in [1.29, 1.82) is 0 Å². The van der Waals surface area contributed by atoms with Crippen molar-refractivity contribution in [2.75, 3.05) is 19.8 Å². The van der Waals surface area contributed by atoms with Crippen LogP contribution in [0.4, 0.5) is 0 Å². The largest absolute Gasteiger partial charge is 0.504 e. The zero-order chi connectivity index (χ0) is 14.9. The van der Waals surface area contributed by atoms with Crippen LogP contribution in [-0.2, 0) is 13.3 Å². The molecular formula is C15H33O3Si. The normalized spacial score (nSPS) is 12.9. The van der Waals surface area contributed by atoms with E-state index in [1.54, 1.807) is 0 Å². The van der Waals surface area contributed by atoms with Gasteiger partial charge in [0.1, 0.15) is 0 Å². The monoisotopic (exact) mass is 289 g/mol. The van der Waals surface area contributed by atoms with E-state index in [1.165, 1.54) is 0 Å². The van der Waals surface area contributed by atoms with Crippen LogP contribution in [0.5, 0.6) is 0 Å². The van der Waals surface area contributed by atoms with Crippen molar-refractivity contribution >= 4 is 8.80 Å². The molecule has 0 amide bonds. The van der Waals surface area contributed by atoms with Gasteiger partial charge in [0, 0.05) is 25.9 Å².